The molecule has 0 unspecified atom stereocenters. The van der Waals surface area contributed by atoms with Crippen molar-refractivity contribution in [3.8, 4) is 5.75 Å². The zero-order chi connectivity index (χ0) is 14.5. The van der Waals surface area contributed by atoms with Gasteiger partial charge in [-0.25, -0.2) is 0 Å². The molecule has 0 spiro atoms. The smallest absolute Gasteiger partial charge is 0.506 e. The fraction of sp³-hybridized carbons (Fsp3) is 0.400. The topological polar surface area (TPSA) is 51.6 Å². The van der Waals surface area contributed by atoms with Crippen molar-refractivity contribution in [3.05, 3.63) is 30.3 Å². The first kappa shape index (κ1) is 13.4. The van der Waals surface area contributed by atoms with Crippen LogP contribution in [-0.2, 0) is 9.31 Å². The lowest BCUT2D eigenvalue weighted by atomic mass is 9.84. The van der Waals surface area contributed by atoms with Crippen LogP contribution in [0, 0.1) is 0 Å². The van der Waals surface area contributed by atoms with E-state index >= 15 is 0 Å². The summed E-state index contributed by atoms with van der Waals surface area (Å²) in [5, 5.41) is 10.8. The minimum atomic E-state index is -0.510. The van der Waals surface area contributed by atoms with Gasteiger partial charge in [-0.2, -0.15) is 0 Å². The molecule has 4 nitrogen and oxygen atoms in total. The van der Waals surface area contributed by atoms with Crippen LogP contribution in [0.3, 0.4) is 0 Å². The second-order valence-electron chi connectivity index (χ2n) is 6.17. The Hall–Kier alpha value is -1.59. The maximum atomic E-state index is 9.90. The summed E-state index contributed by atoms with van der Waals surface area (Å²) in [6, 6.07) is 9.14. The molecule has 3 rings (SSSR count). The average Bonchev–Trinajstić information content (AvgIpc) is 2.59. The third kappa shape index (κ3) is 1.98. The predicted molar refractivity (Wildman–Crippen MR) is 79.1 cm³/mol. The first-order valence-corrected chi connectivity index (χ1v) is 6.74. The van der Waals surface area contributed by atoms with Crippen LogP contribution in [0.4, 0.5) is 0 Å². The Morgan fingerprint density at radius 2 is 1.65 bits per heavy atom. The van der Waals surface area contributed by atoms with Crippen molar-refractivity contribution in [1.82, 2.24) is 4.98 Å². The lowest BCUT2D eigenvalue weighted by molar-refractivity contribution is 0.00578. The van der Waals surface area contributed by atoms with Crippen LogP contribution < -0.4 is 5.59 Å². The van der Waals surface area contributed by atoms with Gasteiger partial charge < -0.3 is 14.4 Å². The summed E-state index contributed by atoms with van der Waals surface area (Å²) in [5.74, 6) is 0.167. The largest absolute Gasteiger partial charge is 0.514 e. The Kier molecular flexibility index (Phi) is 2.82. The van der Waals surface area contributed by atoms with Crippen molar-refractivity contribution in [2.24, 2.45) is 0 Å². The Morgan fingerprint density at radius 1 is 1.00 bits per heavy atom. The van der Waals surface area contributed by atoms with Gasteiger partial charge in [0.05, 0.1) is 16.8 Å². The van der Waals surface area contributed by atoms with Gasteiger partial charge in [-0.15, -0.1) is 0 Å². The van der Waals surface area contributed by atoms with Crippen LogP contribution in [0.1, 0.15) is 27.7 Å². The quantitative estimate of drug-likeness (QED) is 0.808. The molecule has 0 radical (unpaired) electrons. The van der Waals surface area contributed by atoms with Crippen molar-refractivity contribution in [2.45, 2.75) is 38.9 Å². The van der Waals surface area contributed by atoms with E-state index in [0.717, 1.165) is 5.39 Å². The summed E-state index contributed by atoms with van der Waals surface area (Å²) in [7, 11) is -0.510. The van der Waals surface area contributed by atoms with Crippen LogP contribution in [0.5, 0.6) is 5.75 Å². The Labute approximate surface area is 118 Å². The van der Waals surface area contributed by atoms with E-state index in [-0.39, 0.29) is 5.75 Å². The lowest BCUT2D eigenvalue weighted by Gasteiger charge is -2.32. The predicted octanol–water partition coefficient (Wildman–Crippen LogP) is 2.24. The third-order valence-electron chi connectivity index (χ3n) is 4.22. The normalized spacial score (nSPS) is 20.5. The standard InChI is InChI=1S/C15H18BNO3/c1-14(2)15(3,4)20-16(19-14)12-9-8-10-6-5-7-11(18)13(10)17-12/h5-9,18H,1-4H3. The summed E-state index contributed by atoms with van der Waals surface area (Å²) < 4.78 is 11.9. The number of phenols is 1. The Morgan fingerprint density at radius 3 is 2.30 bits per heavy atom. The van der Waals surface area contributed by atoms with Crippen molar-refractivity contribution in [3.63, 3.8) is 0 Å². The number of pyridine rings is 1. The van der Waals surface area contributed by atoms with Gasteiger partial charge in [-0.1, -0.05) is 18.2 Å². The fourth-order valence-electron chi connectivity index (χ4n) is 2.24. The maximum absolute atomic E-state index is 9.90. The minimum absolute atomic E-state index is 0.167. The molecule has 1 saturated heterocycles. The molecule has 0 aliphatic carbocycles. The van der Waals surface area contributed by atoms with E-state index in [4.69, 9.17) is 9.31 Å². The van der Waals surface area contributed by atoms with E-state index in [2.05, 4.69) is 4.98 Å². The van der Waals surface area contributed by atoms with E-state index < -0.39 is 18.3 Å². The zero-order valence-electron chi connectivity index (χ0n) is 12.2. The summed E-state index contributed by atoms with van der Waals surface area (Å²) in [4.78, 5) is 4.49. The highest BCUT2D eigenvalue weighted by Gasteiger charge is 2.52. The van der Waals surface area contributed by atoms with Crippen LogP contribution in [0.25, 0.3) is 10.9 Å². The van der Waals surface area contributed by atoms with Gasteiger partial charge in [0.15, 0.2) is 0 Å². The number of rotatable bonds is 1. The molecule has 1 N–H and O–H groups in total. The van der Waals surface area contributed by atoms with E-state index in [1.807, 2.05) is 45.9 Å². The maximum Gasteiger partial charge on any atom is 0.514 e. The minimum Gasteiger partial charge on any atom is -0.506 e. The average molecular weight is 271 g/mol. The molecule has 2 aromatic rings. The molecule has 0 atom stereocenters. The van der Waals surface area contributed by atoms with Gasteiger partial charge in [-0.05, 0) is 39.8 Å². The number of benzene rings is 1. The molecular weight excluding hydrogens is 253 g/mol. The van der Waals surface area contributed by atoms with Crippen LogP contribution in [0.15, 0.2) is 30.3 Å². The zero-order valence-corrected chi connectivity index (χ0v) is 12.2. The number of phenolic OH excluding ortho intramolecular Hbond substituents is 1. The molecule has 5 heteroatoms. The van der Waals surface area contributed by atoms with E-state index in [9.17, 15) is 5.11 Å². The molecule has 0 amide bonds. The van der Waals surface area contributed by atoms with Gasteiger partial charge in [-0.3, -0.25) is 4.98 Å². The second kappa shape index (κ2) is 4.20. The number of aromatic hydroxyl groups is 1. The summed E-state index contributed by atoms with van der Waals surface area (Å²) in [6.07, 6.45) is 0. The molecule has 1 aliphatic heterocycles. The van der Waals surface area contributed by atoms with Gasteiger partial charge >= 0.3 is 7.12 Å². The number of para-hydroxylation sites is 1. The monoisotopic (exact) mass is 271 g/mol. The number of nitrogens with zero attached hydrogens (tertiary/aromatic N) is 1. The Bertz CT molecular complexity index is 653. The summed E-state index contributed by atoms with van der Waals surface area (Å²) in [6.45, 7) is 8.02. The van der Waals surface area contributed by atoms with Gasteiger partial charge in [0.1, 0.15) is 11.3 Å². The number of hydrogen-bond donors (Lipinski definition) is 1. The first-order chi connectivity index (χ1) is 9.30. The molecule has 1 aromatic heterocycles. The summed E-state index contributed by atoms with van der Waals surface area (Å²) in [5.41, 5.74) is 0.456. The van der Waals surface area contributed by atoms with E-state index in [1.165, 1.54) is 0 Å². The van der Waals surface area contributed by atoms with Gasteiger partial charge in [0, 0.05) is 5.39 Å². The highest BCUT2D eigenvalue weighted by atomic mass is 16.7. The molecule has 1 fully saturated rings. The fourth-order valence-corrected chi connectivity index (χ4v) is 2.24. The highest BCUT2D eigenvalue weighted by molar-refractivity contribution is 6.61. The first-order valence-electron chi connectivity index (χ1n) is 6.74. The van der Waals surface area contributed by atoms with Gasteiger partial charge in [0.25, 0.3) is 0 Å². The molecule has 2 heterocycles. The van der Waals surface area contributed by atoms with Crippen LogP contribution >= 0.6 is 0 Å². The number of hydrogen-bond acceptors (Lipinski definition) is 4. The molecule has 20 heavy (non-hydrogen) atoms. The lowest BCUT2D eigenvalue weighted by Crippen LogP contribution is -2.41. The van der Waals surface area contributed by atoms with E-state index in [0.29, 0.717) is 11.1 Å². The SMILES string of the molecule is CC1(C)OB(c2ccc3cccc(O)c3n2)OC1(C)C. The number of fused-ring (bicyclic) bond motifs is 1. The van der Waals surface area contributed by atoms with Crippen molar-refractivity contribution < 1.29 is 14.4 Å². The molecule has 1 aromatic carbocycles. The third-order valence-corrected chi connectivity index (χ3v) is 4.22. The van der Waals surface area contributed by atoms with E-state index in [1.54, 1.807) is 12.1 Å². The molecule has 104 valence electrons. The Balaban J connectivity index is 2.02. The number of aromatic nitrogens is 1. The molecule has 1 aliphatic rings. The van der Waals surface area contributed by atoms with Crippen molar-refractivity contribution in [2.75, 3.05) is 0 Å². The van der Waals surface area contributed by atoms with Crippen molar-refractivity contribution >= 4 is 23.6 Å². The van der Waals surface area contributed by atoms with Crippen molar-refractivity contribution in [1.29, 1.82) is 0 Å². The highest BCUT2D eigenvalue weighted by Crippen LogP contribution is 2.36. The molecular formula is C15H18BNO3. The van der Waals surface area contributed by atoms with Gasteiger partial charge in [0.2, 0.25) is 0 Å². The van der Waals surface area contributed by atoms with Crippen LogP contribution in [0.2, 0.25) is 0 Å². The summed E-state index contributed by atoms with van der Waals surface area (Å²) >= 11 is 0. The van der Waals surface area contributed by atoms with Crippen LogP contribution in [-0.4, -0.2) is 28.4 Å². The molecule has 0 saturated carbocycles. The molecule has 0 bridgehead atoms. The second-order valence-corrected chi connectivity index (χ2v) is 6.17.